The Kier molecular flexibility index (Phi) is 8.30. The third kappa shape index (κ3) is 6.32. The molecule has 3 rings (SSSR count). The number of benzene rings is 3. The molecule has 37 heavy (non-hydrogen) atoms. The number of phenols is 1. The van der Waals surface area contributed by atoms with E-state index in [9.17, 15) is 28.4 Å². The van der Waals surface area contributed by atoms with Crippen molar-refractivity contribution in [1.29, 1.82) is 0 Å². The van der Waals surface area contributed by atoms with Gasteiger partial charge >= 0.3 is 0 Å². The van der Waals surface area contributed by atoms with Crippen molar-refractivity contribution >= 4 is 33.5 Å². The summed E-state index contributed by atoms with van der Waals surface area (Å²) in [6, 6.07) is 13.9. The molecule has 13 heteroatoms. The minimum Gasteiger partial charge on any atom is -0.504 e. The zero-order chi connectivity index (χ0) is 27.2. The Bertz CT molecular complexity index is 1440. The quantitative estimate of drug-likeness (QED) is 0.231. The predicted molar refractivity (Wildman–Crippen MR) is 136 cm³/mol. The van der Waals surface area contributed by atoms with Gasteiger partial charge in [-0.05, 0) is 61.0 Å². The maximum absolute atomic E-state index is 13.5. The first-order valence-corrected chi connectivity index (χ1v) is 12.1. The molecule has 0 aliphatic carbocycles. The molecule has 0 bridgehead atoms. The molecule has 1 amide bonds. The van der Waals surface area contributed by atoms with Crippen LogP contribution >= 0.6 is 0 Å². The van der Waals surface area contributed by atoms with Gasteiger partial charge in [0.15, 0.2) is 11.5 Å². The van der Waals surface area contributed by atoms with Gasteiger partial charge in [-0.25, -0.2) is 13.8 Å². The summed E-state index contributed by atoms with van der Waals surface area (Å²) in [5, 5.41) is 24.9. The summed E-state index contributed by atoms with van der Waals surface area (Å²) in [6.45, 7) is 0.817. The maximum Gasteiger partial charge on any atom is 0.273 e. The van der Waals surface area contributed by atoms with Gasteiger partial charge in [-0.1, -0.05) is 6.07 Å². The van der Waals surface area contributed by atoms with Crippen LogP contribution in [-0.4, -0.2) is 51.3 Å². The van der Waals surface area contributed by atoms with E-state index in [2.05, 4.69) is 10.5 Å². The van der Waals surface area contributed by atoms with Crippen molar-refractivity contribution in [2.24, 2.45) is 5.10 Å². The molecule has 194 valence electrons. The number of phenolic OH excluding ortho intramolecular Hbond substituents is 1. The lowest BCUT2D eigenvalue weighted by Gasteiger charge is -2.24. The van der Waals surface area contributed by atoms with Crippen LogP contribution in [0.1, 0.15) is 11.1 Å². The van der Waals surface area contributed by atoms with E-state index >= 15 is 0 Å². The zero-order valence-electron chi connectivity index (χ0n) is 20.1. The minimum absolute atomic E-state index is 0.0691. The molecule has 3 aromatic carbocycles. The maximum atomic E-state index is 13.5. The normalized spacial score (nSPS) is 11.2. The summed E-state index contributed by atoms with van der Waals surface area (Å²) in [5.74, 6) is -0.173. The highest BCUT2D eigenvalue weighted by atomic mass is 32.2. The van der Waals surface area contributed by atoms with E-state index in [0.717, 1.165) is 10.4 Å². The number of nitro groups is 1. The average Bonchev–Trinajstić information content (AvgIpc) is 2.88. The number of nitrogens with one attached hydrogen (secondary N) is 1. The van der Waals surface area contributed by atoms with E-state index in [1.54, 1.807) is 0 Å². The van der Waals surface area contributed by atoms with Crippen molar-refractivity contribution in [3.63, 3.8) is 0 Å². The van der Waals surface area contributed by atoms with Crippen molar-refractivity contribution in [1.82, 2.24) is 5.43 Å². The summed E-state index contributed by atoms with van der Waals surface area (Å²) in [6.07, 6.45) is 1.29. The first-order valence-electron chi connectivity index (χ1n) is 10.7. The molecule has 0 fully saturated rings. The lowest BCUT2D eigenvalue weighted by Crippen LogP contribution is -2.39. The van der Waals surface area contributed by atoms with Gasteiger partial charge in [-0.15, -0.1) is 0 Å². The highest BCUT2D eigenvalue weighted by Crippen LogP contribution is 2.29. The standard InChI is InChI=1S/C24H24N4O8S/c1-16-4-10-20(13-21(16)28(31)32)37(33,34)27(18-6-8-19(35-2)9-7-18)15-24(30)26-25-14-17-5-11-22(29)23(12-17)36-3/h4-14,29H,15H2,1-3H3,(H,26,30)/b25-14-. The number of aromatic hydroxyl groups is 1. The number of anilines is 1. The molecule has 0 saturated heterocycles. The Morgan fingerprint density at radius 3 is 2.43 bits per heavy atom. The largest absolute Gasteiger partial charge is 0.504 e. The molecule has 3 aromatic rings. The molecular formula is C24H24N4O8S. The molecule has 0 aromatic heterocycles. The zero-order valence-corrected chi connectivity index (χ0v) is 20.9. The van der Waals surface area contributed by atoms with Gasteiger partial charge in [0.25, 0.3) is 21.6 Å². The molecule has 0 radical (unpaired) electrons. The number of nitro benzene ring substituents is 1. The minimum atomic E-state index is -4.40. The fraction of sp³-hybridized carbons (Fsp3) is 0.167. The van der Waals surface area contributed by atoms with E-state index < -0.39 is 27.4 Å². The highest BCUT2D eigenvalue weighted by molar-refractivity contribution is 7.92. The first kappa shape index (κ1) is 26.9. The van der Waals surface area contributed by atoms with Crippen LogP contribution in [0.4, 0.5) is 11.4 Å². The van der Waals surface area contributed by atoms with Crippen LogP contribution < -0.4 is 19.2 Å². The van der Waals surface area contributed by atoms with Crippen LogP contribution in [0.25, 0.3) is 0 Å². The summed E-state index contributed by atoms with van der Waals surface area (Å²) < 4.78 is 38.0. The topological polar surface area (TPSA) is 161 Å². The van der Waals surface area contributed by atoms with Crippen LogP contribution in [-0.2, 0) is 14.8 Å². The number of sulfonamides is 1. The molecule has 0 atom stereocenters. The monoisotopic (exact) mass is 528 g/mol. The van der Waals surface area contributed by atoms with Gasteiger partial charge in [0.2, 0.25) is 0 Å². The Hall–Kier alpha value is -4.65. The van der Waals surface area contributed by atoms with Crippen LogP contribution in [0.2, 0.25) is 0 Å². The van der Waals surface area contributed by atoms with Gasteiger partial charge in [-0.2, -0.15) is 5.10 Å². The SMILES string of the molecule is COc1ccc(N(CC(=O)N/N=C\c2ccc(O)c(OC)c2)S(=O)(=O)c2ccc(C)c([N+](=O)[O-])c2)cc1. The fourth-order valence-electron chi connectivity index (χ4n) is 3.26. The number of hydrogen-bond donors (Lipinski definition) is 2. The van der Waals surface area contributed by atoms with Gasteiger partial charge in [0, 0.05) is 11.6 Å². The van der Waals surface area contributed by atoms with Crippen LogP contribution in [0.3, 0.4) is 0 Å². The molecule has 2 N–H and O–H groups in total. The summed E-state index contributed by atoms with van der Waals surface area (Å²) in [5.41, 5.74) is 2.81. The Morgan fingerprint density at radius 1 is 1.11 bits per heavy atom. The average molecular weight is 529 g/mol. The number of hydrazone groups is 1. The number of carbonyl (C=O) groups is 1. The van der Waals surface area contributed by atoms with E-state index in [4.69, 9.17) is 9.47 Å². The van der Waals surface area contributed by atoms with E-state index in [-0.39, 0.29) is 33.3 Å². The van der Waals surface area contributed by atoms with Crippen molar-refractivity contribution in [3.05, 3.63) is 81.9 Å². The first-order chi connectivity index (χ1) is 17.6. The number of methoxy groups -OCH3 is 2. The summed E-state index contributed by atoms with van der Waals surface area (Å²) in [7, 11) is -1.57. The van der Waals surface area contributed by atoms with Gasteiger partial charge in [0.05, 0.1) is 35.9 Å². The van der Waals surface area contributed by atoms with E-state index in [1.807, 2.05) is 0 Å². The number of amides is 1. The van der Waals surface area contributed by atoms with Gasteiger partial charge in [-0.3, -0.25) is 19.2 Å². The van der Waals surface area contributed by atoms with Crippen molar-refractivity contribution in [3.8, 4) is 17.2 Å². The van der Waals surface area contributed by atoms with Gasteiger partial charge < -0.3 is 14.6 Å². The Balaban J connectivity index is 1.90. The molecule has 0 aliphatic rings. The van der Waals surface area contributed by atoms with E-state index in [0.29, 0.717) is 11.3 Å². The molecule has 0 aliphatic heterocycles. The number of aryl methyl sites for hydroxylation is 1. The molecule has 12 nitrogen and oxygen atoms in total. The lowest BCUT2D eigenvalue weighted by molar-refractivity contribution is -0.385. The molecule has 0 heterocycles. The van der Waals surface area contributed by atoms with E-state index in [1.165, 1.54) is 82.0 Å². The summed E-state index contributed by atoms with van der Waals surface area (Å²) >= 11 is 0. The van der Waals surface area contributed by atoms with Crippen molar-refractivity contribution in [2.75, 3.05) is 25.1 Å². The van der Waals surface area contributed by atoms with Gasteiger partial charge in [0.1, 0.15) is 12.3 Å². The highest BCUT2D eigenvalue weighted by Gasteiger charge is 2.29. The number of nitrogens with zero attached hydrogens (tertiary/aromatic N) is 3. The second kappa shape index (κ2) is 11.4. The smallest absolute Gasteiger partial charge is 0.273 e. The number of rotatable bonds is 10. The molecule has 0 unspecified atom stereocenters. The van der Waals surface area contributed by atoms with Crippen LogP contribution in [0, 0.1) is 17.0 Å². The number of ether oxygens (including phenoxy) is 2. The predicted octanol–water partition coefficient (Wildman–Crippen LogP) is 2.97. The Morgan fingerprint density at radius 2 is 1.81 bits per heavy atom. The van der Waals surface area contributed by atoms with Crippen LogP contribution in [0.5, 0.6) is 17.2 Å². The fourth-order valence-corrected chi connectivity index (χ4v) is 4.70. The molecular weight excluding hydrogens is 504 g/mol. The third-order valence-corrected chi connectivity index (χ3v) is 6.99. The summed E-state index contributed by atoms with van der Waals surface area (Å²) in [4.78, 5) is 23.0. The third-order valence-electron chi connectivity index (χ3n) is 5.22. The number of hydrogen-bond acceptors (Lipinski definition) is 9. The van der Waals surface area contributed by atoms with Crippen molar-refractivity contribution < 1.29 is 32.7 Å². The van der Waals surface area contributed by atoms with Crippen molar-refractivity contribution in [2.45, 2.75) is 11.8 Å². The second-order valence-electron chi connectivity index (χ2n) is 7.64. The molecule has 0 spiro atoms. The molecule has 0 saturated carbocycles. The Labute approximate surface area is 213 Å². The van der Waals surface area contributed by atoms with Crippen LogP contribution in [0.15, 0.2) is 70.7 Å². The lowest BCUT2D eigenvalue weighted by atomic mass is 10.2. The number of carbonyl (C=O) groups excluding carboxylic acids is 1. The second-order valence-corrected chi connectivity index (χ2v) is 9.50.